The Kier molecular flexibility index (Phi) is 6.96. The first-order valence-electron chi connectivity index (χ1n) is 12.1. The summed E-state index contributed by atoms with van der Waals surface area (Å²) >= 11 is 0. The molecular formula is C24H30N8O4. The van der Waals surface area contributed by atoms with Gasteiger partial charge in [-0.1, -0.05) is 0 Å². The number of aromatic nitrogens is 4. The van der Waals surface area contributed by atoms with E-state index in [0.29, 0.717) is 37.8 Å². The van der Waals surface area contributed by atoms with Crippen molar-refractivity contribution in [1.82, 2.24) is 30.0 Å². The molecule has 0 unspecified atom stereocenters. The number of piperidine rings is 1. The Balaban J connectivity index is 1.49. The average Bonchev–Trinajstić information content (AvgIpc) is 3.33. The number of benzene rings is 1. The number of morpholine rings is 1. The van der Waals surface area contributed by atoms with Crippen LogP contribution in [0.1, 0.15) is 18.9 Å². The molecular weight excluding hydrogens is 464 g/mol. The Labute approximate surface area is 208 Å². The number of amides is 2. The minimum Gasteiger partial charge on any atom is -0.480 e. The van der Waals surface area contributed by atoms with Gasteiger partial charge in [0.25, 0.3) is 0 Å². The quantitative estimate of drug-likeness (QED) is 0.468. The number of urea groups is 1. The van der Waals surface area contributed by atoms with E-state index in [2.05, 4.69) is 15.5 Å². The normalized spacial score (nSPS) is 17.3. The highest BCUT2D eigenvalue weighted by molar-refractivity contribution is 5.90. The van der Waals surface area contributed by atoms with E-state index in [0.717, 1.165) is 48.3 Å². The Morgan fingerprint density at radius 2 is 1.81 bits per heavy atom. The second kappa shape index (κ2) is 10.5. The number of hydrogen-bond donors (Lipinski definition) is 3. The summed E-state index contributed by atoms with van der Waals surface area (Å²) in [5, 5.41) is 20.0. The molecule has 0 saturated carbocycles. The zero-order chi connectivity index (χ0) is 25.1. The van der Waals surface area contributed by atoms with Gasteiger partial charge in [0, 0.05) is 44.5 Å². The van der Waals surface area contributed by atoms with E-state index in [4.69, 9.17) is 24.9 Å². The lowest BCUT2D eigenvalue weighted by molar-refractivity contribution is -0.138. The first-order valence-corrected chi connectivity index (χ1v) is 12.1. The van der Waals surface area contributed by atoms with Gasteiger partial charge in [-0.3, -0.25) is 9.69 Å². The van der Waals surface area contributed by atoms with Gasteiger partial charge in [-0.15, -0.1) is 0 Å². The topological polar surface area (TPSA) is 138 Å². The molecule has 2 fully saturated rings. The number of carboxylic acids is 1. The highest BCUT2D eigenvalue weighted by Crippen LogP contribution is 2.32. The van der Waals surface area contributed by atoms with E-state index in [9.17, 15) is 9.59 Å². The molecule has 36 heavy (non-hydrogen) atoms. The lowest BCUT2D eigenvalue weighted by atomic mass is 10.1. The largest absolute Gasteiger partial charge is 0.480 e. The number of carbonyl (C=O) groups is 2. The van der Waals surface area contributed by atoms with E-state index in [1.54, 1.807) is 7.05 Å². The summed E-state index contributed by atoms with van der Waals surface area (Å²) in [6.45, 7) is 4.20. The second-order valence-corrected chi connectivity index (χ2v) is 8.98. The van der Waals surface area contributed by atoms with Gasteiger partial charge in [0.2, 0.25) is 0 Å². The molecule has 0 spiro atoms. The minimum atomic E-state index is -0.804. The van der Waals surface area contributed by atoms with Crippen LogP contribution in [0.2, 0.25) is 0 Å². The Morgan fingerprint density at radius 1 is 1.08 bits per heavy atom. The van der Waals surface area contributed by atoms with Crippen LogP contribution < -0.4 is 15.5 Å². The van der Waals surface area contributed by atoms with Crippen molar-refractivity contribution >= 4 is 34.5 Å². The number of fused-ring (bicyclic) bond motifs is 1. The summed E-state index contributed by atoms with van der Waals surface area (Å²) < 4.78 is 7.52. The van der Waals surface area contributed by atoms with Gasteiger partial charge in [-0.2, -0.15) is 5.10 Å². The van der Waals surface area contributed by atoms with Crippen LogP contribution in [0.5, 0.6) is 0 Å². The predicted molar refractivity (Wildman–Crippen MR) is 134 cm³/mol. The van der Waals surface area contributed by atoms with Crippen molar-refractivity contribution in [2.45, 2.75) is 18.9 Å². The lowest BCUT2D eigenvalue weighted by Gasteiger charge is -2.31. The highest BCUT2D eigenvalue weighted by Gasteiger charge is 2.26. The molecule has 4 heterocycles. The number of nitrogens with zero attached hydrogens (tertiary/aromatic N) is 6. The SMILES string of the molecule is CNC(=O)Nc1ccc(-c2nc(N3CCOCC3)c3cnn(C4CCN(CC(=O)O)CC4)c3n2)cc1. The van der Waals surface area contributed by atoms with E-state index in [1.807, 2.05) is 40.0 Å². The molecule has 0 bridgehead atoms. The third-order valence-corrected chi connectivity index (χ3v) is 6.63. The summed E-state index contributed by atoms with van der Waals surface area (Å²) in [4.78, 5) is 36.8. The van der Waals surface area contributed by atoms with Crippen molar-refractivity contribution < 1.29 is 19.4 Å². The fraction of sp³-hybridized carbons (Fsp3) is 0.458. The zero-order valence-corrected chi connectivity index (χ0v) is 20.2. The predicted octanol–water partition coefficient (Wildman–Crippen LogP) is 1.80. The zero-order valence-electron chi connectivity index (χ0n) is 20.2. The molecule has 12 nitrogen and oxygen atoms in total. The van der Waals surface area contributed by atoms with Crippen molar-refractivity contribution in [3.05, 3.63) is 30.5 Å². The van der Waals surface area contributed by atoms with Crippen molar-refractivity contribution in [2.75, 3.05) is 63.2 Å². The number of rotatable bonds is 6. The molecule has 3 aromatic rings. The molecule has 2 aliphatic heterocycles. The summed E-state index contributed by atoms with van der Waals surface area (Å²) in [7, 11) is 1.57. The molecule has 0 radical (unpaired) electrons. The van der Waals surface area contributed by atoms with Gasteiger partial charge in [0.15, 0.2) is 11.5 Å². The fourth-order valence-electron chi connectivity index (χ4n) is 4.73. The van der Waals surface area contributed by atoms with Crippen LogP contribution in [0.15, 0.2) is 30.5 Å². The maximum Gasteiger partial charge on any atom is 0.318 e. The van der Waals surface area contributed by atoms with Gasteiger partial charge in [-0.05, 0) is 37.1 Å². The van der Waals surface area contributed by atoms with Crippen LogP contribution >= 0.6 is 0 Å². The Morgan fingerprint density at radius 3 is 2.47 bits per heavy atom. The van der Waals surface area contributed by atoms with Gasteiger partial charge >= 0.3 is 12.0 Å². The van der Waals surface area contributed by atoms with E-state index in [-0.39, 0.29) is 18.6 Å². The Bertz CT molecular complexity index is 1230. The maximum absolute atomic E-state index is 11.6. The number of ether oxygens (including phenoxy) is 1. The van der Waals surface area contributed by atoms with Crippen LogP contribution in [-0.2, 0) is 9.53 Å². The summed E-state index contributed by atoms with van der Waals surface area (Å²) in [5.41, 5.74) is 2.27. The van der Waals surface area contributed by atoms with Crippen LogP contribution in [0.3, 0.4) is 0 Å². The number of carbonyl (C=O) groups excluding carboxylic acids is 1. The summed E-state index contributed by atoms with van der Waals surface area (Å²) in [6, 6.07) is 7.27. The van der Waals surface area contributed by atoms with Gasteiger partial charge in [0.05, 0.1) is 37.4 Å². The highest BCUT2D eigenvalue weighted by atomic mass is 16.5. The fourth-order valence-corrected chi connectivity index (χ4v) is 4.73. The van der Waals surface area contributed by atoms with E-state index >= 15 is 0 Å². The third kappa shape index (κ3) is 5.09. The molecule has 1 aromatic carbocycles. The molecule has 3 N–H and O–H groups in total. The standard InChI is InChI=1S/C24H30N8O4/c1-25-24(35)27-17-4-2-16(3-5-17)21-28-22(31-10-12-36-13-11-31)19-14-26-32(23(19)29-21)18-6-8-30(9-7-18)15-20(33)34/h2-5,14,18H,6-13,15H2,1H3,(H,33,34)(H2,25,27,35). The number of aliphatic carboxylic acids is 1. The lowest BCUT2D eigenvalue weighted by Crippen LogP contribution is -2.38. The molecule has 12 heteroatoms. The van der Waals surface area contributed by atoms with Gasteiger partial charge < -0.3 is 25.4 Å². The molecule has 5 rings (SSSR count). The molecule has 2 amide bonds. The molecule has 2 aliphatic rings. The van der Waals surface area contributed by atoms with Gasteiger partial charge in [-0.25, -0.2) is 19.4 Å². The molecule has 0 aliphatic carbocycles. The molecule has 2 aromatic heterocycles. The average molecular weight is 495 g/mol. The van der Waals surface area contributed by atoms with Crippen molar-refractivity contribution in [3.63, 3.8) is 0 Å². The van der Waals surface area contributed by atoms with Crippen molar-refractivity contribution in [1.29, 1.82) is 0 Å². The molecule has 0 atom stereocenters. The summed E-state index contributed by atoms with van der Waals surface area (Å²) in [6.07, 6.45) is 3.44. The van der Waals surface area contributed by atoms with Crippen LogP contribution in [0, 0.1) is 0 Å². The van der Waals surface area contributed by atoms with Crippen LogP contribution in [0.4, 0.5) is 16.3 Å². The first-order chi connectivity index (χ1) is 17.5. The van der Waals surface area contributed by atoms with Crippen molar-refractivity contribution in [2.24, 2.45) is 0 Å². The Hall–Kier alpha value is -3.77. The van der Waals surface area contributed by atoms with Crippen LogP contribution in [0.25, 0.3) is 22.4 Å². The van der Waals surface area contributed by atoms with Gasteiger partial charge in [0.1, 0.15) is 5.82 Å². The smallest absolute Gasteiger partial charge is 0.318 e. The number of nitrogens with one attached hydrogen (secondary N) is 2. The van der Waals surface area contributed by atoms with E-state index in [1.165, 1.54) is 0 Å². The number of likely N-dealkylation sites (tertiary alicyclic amines) is 1. The maximum atomic E-state index is 11.6. The number of hydrogen-bond acceptors (Lipinski definition) is 8. The minimum absolute atomic E-state index is 0.0604. The third-order valence-electron chi connectivity index (χ3n) is 6.63. The molecule has 2 saturated heterocycles. The van der Waals surface area contributed by atoms with Crippen LogP contribution in [-0.4, -0.2) is 94.7 Å². The second-order valence-electron chi connectivity index (χ2n) is 8.98. The number of carboxylic acid groups (broad SMARTS) is 1. The van der Waals surface area contributed by atoms with E-state index < -0.39 is 5.97 Å². The molecule has 190 valence electrons. The van der Waals surface area contributed by atoms with Crippen molar-refractivity contribution in [3.8, 4) is 11.4 Å². The summed E-state index contributed by atoms with van der Waals surface area (Å²) in [5.74, 6) is 0.614. The monoisotopic (exact) mass is 494 g/mol. The number of anilines is 2. The first kappa shape index (κ1) is 23.9.